The molecule has 4 rings (SSSR count). The summed E-state index contributed by atoms with van der Waals surface area (Å²) in [5, 5.41) is 7.53. The zero-order chi connectivity index (χ0) is 19.7. The number of fused-ring (bicyclic) bond motifs is 1. The number of nitrogens with zero attached hydrogens (tertiary/aromatic N) is 2. The third-order valence-corrected chi connectivity index (χ3v) is 5.23. The molecule has 0 radical (unpaired) electrons. The van der Waals surface area contributed by atoms with E-state index in [1.165, 1.54) is 0 Å². The first-order valence-corrected chi connectivity index (χ1v) is 9.47. The van der Waals surface area contributed by atoms with Gasteiger partial charge in [-0.05, 0) is 30.4 Å². The Kier molecular flexibility index (Phi) is 4.59. The van der Waals surface area contributed by atoms with Crippen LogP contribution in [0, 0.1) is 5.41 Å². The second kappa shape index (κ2) is 7.08. The van der Waals surface area contributed by atoms with Crippen molar-refractivity contribution in [2.45, 2.75) is 32.7 Å². The first-order valence-electron chi connectivity index (χ1n) is 9.47. The predicted octanol–water partition coefficient (Wildman–Crippen LogP) is 3.88. The van der Waals surface area contributed by atoms with Crippen LogP contribution in [0.4, 0.5) is 0 Å². The van der Waals surface area contributed by atoms with Gasteiger partial charge in [0.15, 0.2) is 0 Å². The van der Waals surface area contributed by atoms with Crippen molar-refractivity contribution in [2.75, 3.05) is 0 Å². The van der Waals surface area contributed by atoms with Gasteiger partial charge in [0.05, 0.1) is 23.6 Å². The van der Waals surface area contributed by atoms with Gasteiger partial charge in [-0.15, -0.1) is 0 Å². The third kappa shape index (κ3) is 3.48. The molecule has 1 atom stereocenters. The highest BCUT2D eigenvalue weighted by Gasteiger charge is 2.36. The first kappa shape index (κ1) is 18.2. The Morgan fingerprint density at radius 2 is 1.68 bits per heavy atom. The van der Waals surface area contributed by atoms with E-state index in [1.807, 2.05) is 47.3 Å². The number of benzene rings is 2. The average Bonchev–Trinajstić information content (AvgIpc) is 3.11. The van der Waals surface area contributed by atoms with Crippen molar-refractivity contribution < 1.29 is 9.59 Å². The molecule has 1 N–H and O–H groups in total. The molecule has 2 aromatic carbocycles. The van der Waals surface area contributed by atoms with Crippen LogP contribution in [-0.2, 0) is 11.2 Å². The molecule has 0 saturated heterocycles. The lowest BCUT2D eigenvalue weighted by Gasteiger charge is -2.35. The Morgan fingerprint density at radius 3 is 2.36 bits per heavy atom. The molecule has 1 aliphatic carbocycles. The zero-order valence-electron chi connectivity index (χ0n) is 16.1. The fourth-order valence-corrected chi connectivity index (χ4v) is 3.91. The van der Waals surface area contributed by atoms with E-state index in [0.29, 0.717) is 5.56 Å². The van der Waals surface area contributed by atoms with Crippen molar-refractivity contribution in [3.05, 3.63) is 83.7 Å². The zero-order valence-corrected chi connectivity index (χ0v) is 16.1. The summed E-state index contributed by atoms with van der Waals surface area (Å²) in [5.74, 6) is -1.09. The monoisotopic (exact) mass is 373 g/mol. The SMILES string of the molecule is CC1(C)Cc2c(cnn2-c2ccccc2)[C@@H](NC(=O)C(=O)c2ccccc2)C1. The van der Waals surface area contributed by atoms with Gasteiger partial charge >= 0.3 is 0 Å². The van der Waals surface area contributed by atoms with Gasteiger partial charge < -0.3 is 5.32 Å². The molecule has 5 heteroatoms. The summed E-state index contributed by atoms with van der Waals surface area (Å²) in [5.41, 5.74) is 3.44. The summed E-state index contributed by atoms with van der Waals surface area (Å²) >= 11 is 0. The minimum Gasteiger partial charge on any atom is -0.342 e. The van der Waals surface area contributed by atoms with Crippen molar-refractivity contribution in [1.29, 1.82) is 0 Å². The summed E-state index contributed by atoms with van der Waals surface area (Å²) in [6.45, 7) is 4.35. The number of Topliss-reactive ketones (excluding diaryl/α,β-unsaturated/α-hetero) is 1. The third-order valence-electron chi connectivity index (χ3n) is 5.23. The molecule has 1 heterocycles. The molecule has 0 fully saturated rings. The van der Waals surface area contributed by atoms with E-state index in [9.17, 15) is 9.59 Å². The molecule has 3 aromatic rings. The van der Waals surface area contributed by atoms with Crippen molar-refractivity contribution >= 4 is 11.7 Å². The number of ketones is 1. The van der Waals surface area contributed by atoms with Gasteiger partial charge in [0.1, 0.15) is 0 Å². The fourth-order valence-electron chi connectivity index (χ4n) is 3.91. The van der Waals surface area contributed by atoms with Crippen molar-refractivity contribution in [1.82, 2.24) is 15.1 Å². The first-order chi connectivity index (χ1) is 13.4. The van der Waals surface area contributed by atoms with E-state index in [0.717, 1.165) is 29.8 Å². The summed E-state index contributed by atoms with van der Waals surface area (Å²) in [6.07, 6.45) is 3.43. The molecular weight excluding hydrogens is 350 g/mol. The van der Waals surface area contributed by atoms with E-state index in [4.69, 9.17) is 0 Å². The summed E-state index contributed by atoms with van der Waals surface area (Å²) in [7, 11) is 0. The number of amides is 1. The molecule has 0 saturated carbocycles. The second-order valence-electron chi connectivity index (χ2n) is 8.06. The van der Waals surface area contributed by atoms with Gasteiger partial charge in [-0.25, -0.2) is 4.68 Å². The Hall–Kier alpha value is -3.21. The maximum absolute atomic E-state index is 12.6. The smallest absolute Gasteiger partial charge is 0.292 e. The van der Waals surface area contributed by atoms with E-state index in [-0.39, 0.29) is 11.5 Å². The van der Waals surface area contributed by atoms with Crippen molar-refractivity contribution in [3.8, 4) is 5.69 Å². The highest BCUT2D eigenvalue weighted by Crippen LogP contribution is 2.41. The molecule has 5 nitrogen and oxygen atoms in total. The van der Waals surface area contributed by atoms with E-state index in [2.05, 4.69) is 24.3 Å². The predicted molar refractivity (Wildman–Crippen MR) is 107 cm³/mol. The Balaban J connectivity index is 1.64. The topological polar surface area (TPSA) is 64.0 Å². The van der Waals surface area contributed by atoms with Crippen LogP contribution >= 0.6 is 0 Å². The number of nitrogens with one attached hydrogen (secondary N) is 1. The molecule has 28 heavy (non-hydrogen) atoms. The van der Waals surface area contributed by atoms with Gasteiger partial charge in [-0.1, -0.05) is 62.4 Å². The molecule has 1 aliphatic rings. The molecule has 0 spiro atoms. The Bertz CT molecular complexity index is 1010. The van der Waals surface area contributed by atoms with Crippen LogP contribution < -0.4 is 5.32 Å². The molecule has 1 aromatic heterocycles. The van der Waals surface area contributed by atoms with Crippen molar-refractivity contribution in [2.24, 2.45) is 5.41 Å². The van der Waals surface area contributed by atoms with Crippen LogP contribution in [-0.4, -0.2) is 21.5 Å². The minimum absolute atomic E-state index is 0.0205. The lowest BCUT2D eigenvalue weighted by atomic mass is 9.74. The maximum Gasteiger partial charge on any atom is 0.292 e. The van der Waals surface area contributed by atoms with E-state index in [1.54, 1.807) is 24.3 Å². The van der Waals surface area contributed by atoms with Gasteiger partial charge in [-0.2, -0.15) is 5.10 Å². The molecule has 142 valence electrons. The van der Waals surface area contributed by atoms with Gasteiger partial charge in [0, 0.05) is 11.1 Å². The Morgan fingerprint density at radius 1 is 1.04 bits per heavy atom. The molecular formula is C23H23N3O2. The highest BCUT2D eigenvalue weighted by atomic mass is 16.2. The number of hydrogen-bond donors (Lipinski definition) is 1. The van der Waals surface area contributed by atoms with Crippen LogP contribution in [0.1, 0.15) is 47.9 Å². The minimum atomic E-state index is -0.577. The number of hydrogen-bond acceptors (Lipinski definition) is 3. The highest BCUT2D eigenvalue weighted by molar-refractivity contribution is 6.42. The van der Waals surface area contributed by atoms with Crippen LogP contribution in [0.5, 0.6) is 0 Å². The summed E-state index contributed by atoms with van der Waals surface area (Å²) in [6, 6.07) is 18.4. The second-order valence-corrected chi connectivity index (χ2v) is 8.06. The quantitative estimate of drug-likeness (QED) is 0.557. The number of carbonyl (C=O) groups is 2. The normalized spacial score (nSPS) is 17.6. The number of rotatable bonds is 4. The Labute approximate surface area is 164 Å². The average molecular weight is 373 g/mol. The van der Waals surface area contributed by atoms with Gasteiger partial charge in [0.25, 0.3) is 5.91 Å². The summed E-state index contributed by atoms with van der Waals surface area (Å²) in [4.78, 5) is 25.1. The lowest BCUT2D eigenvalue weighted by molar-refractivity contribution is -0.118. The lowest BCUT2D eigenvalue weighted by Crippen LogP contribution is -2.39. The number of para-hydroxylation sites is 1. The van der Waals surface area contributed by atoms with Crippen LogP contribution in [0.15, 0.2) is 66.9 Å². The molecule has 0 unspecified atom stereocenters. The largest absolute Gasteiger partial charge is 0.342 e. The molecule has 0 aliphatic heterocycles. The maximum atomic E-state index is 12.6. The fraction of sp³-hybridized carbons (Fsp3) is 0.261. The molecule has 1 amide bonds. The van der Waals surface area contributed by atoms with Crippen molar-refractivity contribution in [3.63, 3.8) is 0 Å². The standard InChI is InChI=1S/C23H23N3O2/c1-23(2)13-19(25-22(28)21(27)16-9-5-3-6-10-16)18-15-24-26(20(18)14-23)17-11-7-4-8-12-17/h3-12,15,19H,13-14H2,1-2H3,(H,25,28)/t19-/m0/s1. The van der Waals surface area contributed by atoms with Gasteiger partial charge in [0.2, 0.25) is 5.78 Å². The number of aromatic nitrogens is 2. The van der Waals surface area contributed by atoms with Crippen LogP contribution in [0.25, 0.3) is 5.69 Å². The van der Waals surface area contributed by atoms with E-state index >= 15 is 0 Å². The number of carbonyl (C=O) groups excluding carboxylic acids is 2. The summed E-state index contributed by atoms with van der Waals surface area (Å²) < 4.78 is 1.94. The van der Waals surface area contributed by atoms with Crippen LogP contribution in [0.3, 0.4) is 0 Å². The van der Waals surface area contributed by atoms with Gasteiger partial charge in [-0.3, -0.25) is 9.59 Å². The van der Waals surface area contributed by atoms with E-state index < -0.39 is 11.7 Å². The van der Waals surface area contributed by atoms with Crippen LogP contribution in [0.2, 0.25) is 0 Å². The molecule has 0 bridgehead atoms.